The lowest BCUT2D eigenvalue weighted by Gasteiger charge is -2.45. The summed E-state index contributed by atoms with van der Waals surface area (Å²) in [5.41, 5.74) is 1.25. The van der Waals surface area contributed by atoms with Crippen molar-refractivity contribution in [2.45, 2.75) is 44.1 Å². The summed E-state index contributed by atoms with van der Waals surface area (Å²) in [6.45, 7) is 1.82. The minimum atomic E-state index is -0.323. The fourth-order valence-electron chi connectivity index (χ4n) is 2.54. The van der Waals surface area contributed by atoms with Crippen molar-refractivity contribution in [1.29, 1.82) is 0 Å². The van der Waals surface area contributed by atoms with Gasteiger partial charge in [-0.15, -0.1) is 11.8 Å². The minimum absolute atomic E-state index is 0.0227. The number of hydrogen-bond acceptors (Lipinski definition) is 1. The van der Waals surface area contributed by atoms with Crippen LogP contribution in [0.5, 0.6) is 0 Å². The molecule has 1 aliphatic rings. The van der Waals surface area contributed by atoms with Gasteiger partial charge in [-0.1, -0.05) is 36.8 Å². The zero-order chi connectivity index (χ0) is 11.4. The van der Waals surface area contributed by atoms with Crippen LogP contribution in [0.4, 0.5) is 0 Å². The van der Waals surface area contributed by atoms with E-state index in [1.54, 1.807) is 0 Å². The average Bonchev–Trinajstić information content (AvgIpc) is 2.26. The van der Waals surface area contributed by atoms with Crippen LogP contribution < -0.4 is 0 Å². The van der Waals surface area contributed by atoms with E-state index < -0.39 is 0 Å². The second-order valence-corrected chi connectivity index (χ2v) is 4.52. The van der Waals surface area contributed by atoms with Crippen LogP contribution >= 0.6 is 0 Å². The van der Waals surface area contributed by atoms with Gasteiger partial charge in [0.15, 0.2) is 0 Å². The lowest BCUT2D eigenvalue weighted by Crippen LogP contribution is -2.45. The first-order valence-corrected chi connectivity index (χ1v) is 5.93. The standard InChI is InChI=1S/C15H18O/c1-2-3-10-14(16)15(11-7-12-15)13-8-5-4-6-9-13/h4-6,8-9,14,16H,7,10-12H2,1H3. The Balaban J connectivity index is 2.21. The number of aliphatic hydroxyl groups excluding tert-OH is 1. The van der Waals surface area contributed by atoms with Crippen LogP contribution in [0, 0.1) is 11.8 Å². The maximum atomic E-state index is 10.3. The van der Waals surface area contributed by atoms with E-state index in [0.29, 0.717) is 6.42 Å². The summed E-state index contributed by atoms with van der Waals surface area (Å²) in [7, 11) is 0. The molecule has 0 spiro atoms. The predicted octanol–water partition coefficient (Wildman–Crippen LogP) is 2.88. The summed E-state index contributed by atoms with van der Waals surface area (Å²) >= 11 is 0. The smallest absolute Gasteiger partial charge is 0.0745 e. The molecular formula is C15H18O. The molecule has 1 saturated carbocycles. The van der Waals surface area contributed by atoms with Crippen LogP contribution in [0.2, 0.25) is 0 Å². The van der Waals surface area contributed by atoms with E-state index in [9.17, 15) is 5.11 Å². The normalized spacial score (nSPS) is 19.1. The molecule has 1 atom stereocenters. The van der Waals surface area contributed by atoms with Crippen molar-refractivity contribution < 1.29 is 5.11 Å². The highest BCUT2D eigenvalue weighted by molar-refractivity contribution is 5.30. The second-order valence-electron chi connectivity index (χ2n) is 4.52. The molecule has 0 heterocycles. The minimum Gasteiger partial charge on any atom is -0.391 e. The van der Waals surface area contributed by atoms with E-state index in [0.717, 1.165) is 12.8 Å². The first kappa shape index (κ1) is 11.2. The molecule has 0 saturated heterocycles. The van der Waals surface area contributed by atoms with Gasteiger partial charge in [-0.3, -0.25) is 0 Å². The van der Waals surface area contributed by atoms with Gasteiger partial charge in [0.25, 0.3) is 0 Å². The summed E-state index contributed by atoms with van der Waals surface area (Å²) < 4.78 is 0. The Morgan fingerprint density at radius 1 is 1.31 bits per heavy atom. The van der Waals surface area contributed by atoms with E-state index in [4.69, 9.17) is 0 Å². The van der Waals surface area contributed by atoms with Crippen molar-refractivity contribution in [3.05, 3.63) is 35.9 Å². The third-order valence-electron chi connectivity index (χ3n) is 3.70. The van der Waals surface area contributed by atoms with Gasteiger partial charge in [-0.05, 0) is 25.3 Å². The van der Waals surface area contributed by atoms with Crippen molar-refractivity contribution >= 4 is 0 Å². The van der Waals surface area contributed by atoms with E-state index in [1.807, 2.05) is 25.1 Å². The van der Waals surface area contributed by atoms with Gasteiger partial charge >= 0.3 is 0 Å². The zero-order valence-corrected chi connectivity index (χ0v) is 9.74. The molecule has 0 aromatic heterocycles. The summed E-state index contributed by atoms with van der Waals surface area (Å²) in [4.78, 5) is 0. The molecule has 1 aromatic rings. The monoisotopic (exact) mass is 214 g/mol. The van der Waals surface area contributed by atoms with Gasteiger partial charge < -0.3 is 5.11 Å². The van der Waals surface area contributed by atoms with Gasteiger partial charge in [0.1, 0.15) is 0 Å². The Kier molecular flexibility index (Phi) is 3.31. The quantitative estimate of drug-likeness (QED) is 0.767. The molecule has 2 rings (SSSR count). The van der Waals surface area contributed by atoms with Crippen molar-refractivity contribution in [3.63, 3.8) is 0 Å². The van der Waals surface area contributed by atoms with Crippen LogP contribution in [0.15, 0.2) is 30.3 Å². The number of rotatable bonds is 3. The van der Waals surface area contributed by atoms with Crippen molar-refractivity contribution in [1.82, 2.24) is 0 Å². The molecule has 16 heavy (non-hydrogen) atoms. The molecule has 1 nitrogen and oxygen atoms in total. The van der Waals surface area contributed by atoms with Crippen molar-refractivity contribution in [3.8, 4) is 11.8 Å². The lowest BCUT2D eigenvalue weighted by atomic mass is 9.60. The first-order chi connectivity index (χ1) is 7.79. The van der Waals surface area contributed by atoms with Gasteiger partial charge in [0, 0.05) is 11.8 Å². The Morgan fingerprint density at radius 2 is 2.00 bits per heavy atom. The first-order valence-electron chi connectivity index (χ1n) is 5.93. The van der Waals surface area contributed by atoms with Gasteiger partial charge in [-0.2, -0.15) is 0 Å². The van der Waals surface area contributed by atoms with Crippen LogP contribution in [0.1, 0.15) is 38.2 Å². The van der Waals surface area contributed by atoms with E-state index in [2.05, 4.69) is 24.0 Å². The number of aliphatic hydroxyl groups is 1. The SMILES string of the molecule is CC#CCC(O)C1(c2ccccc2)CCC1. The molecule has 1 heteroatoms. The van der Waals surface area contributed by atoms with Crippen LogP contribution in [-0.4, -0.2) is 11.2 Å². The fourth-order valence-corrected chi connectivity index (χ4v) is 2.54. The van der Waals surface area contributed by atoms with Crippen molar-refractivity contribution in [2.75, 3.05) is 0 Å². The molecule has 1 aromatic carbocycles. The average molecular weight is 214 g/mol. The number of hydrogen-bond donors (Lipinski definition) is 1. The van der Waals surface area contributed by atoms with E-state index in [-0.39, 0.29) is 11.5 Å². The summed E-state index contributed by atoms with van der Waals surface area (Å²) in [6.07, 6.45) is 3.65. The lowest BCUT2D eigenvalue weighted by molar-refractivity contribution is 0.0320. The van der Waals surface area contributed by atoms with E-state index >= 15 is 0 Å². The van der Waals surface area contributed by atoms with Gasteiger partial charge in [0.05, 0.1) is 6.10 Å². The van der Waals surface area contributed by atoms with Crippen LogP contribution in [-0.2, 0) is 5.41 Å². The summed E-state index contributed by atoms with van der Waals surface area (Å²) in [6, 6.07) is 10.4. The molecule has 0 bridgehead atoms. The zero-order valence-electron chi connectivity index (χ0n) is 9.74. The largest absolute Gasteiger partial charge is 0.391 e. The molecule has 1 N–H and O–H groups in total. The Hall–Kier alpha value is -1.26. The molecule has 1 aliphatic carbocycles. The highest BCUT2D eigenvalue weighted by Gasteiger charge is 2.44. The Morgan fingerprint density at radius 3 is 2.50 bits per heavy atom. The Bertz CT molecular complexity index is 392. The molecule has 84 valence electrons. The van der Waals surface area contributed by atoms with Gasteiger partial charge in [-0.25, -0.2) is 0 Å². The van der Waals surface area contributed by atoms with Crippen LogP contribution in [0.3, 0.4) is 0 Å². The maximum absolute atomic E-state index is 10.3. The Labute approximate surface area is 97.5 Å². The summed E-state index contributed by atoms with van der Waals surface area (Å²) in [5.74, 6) is 5.85. The number of benzene rings is 1. The molecular weight excluding hydrogens is 196 g/mol. The third-order valence-corrected chi connectivity index (χ3v) is 3.70. The second kappa shape index (κ2) is 4.72. The molecule has 0 aliphatic heterocycles. The maximum Gasteiger partial charge on any atom is 0.0745 e. The molecule has 1 unspecified atom stereocenters. The molecule has 0 radical (unpaired) electrons. The third kappa shape index (κ3) is 1.86. The predicted molar refractivity (Wildman–Crippen MR) is 66.0 cm³/mol. The van der Waals surface area contributed by atoms with Gasteiger partial charge in [0.2, 0.25) is 0 Å². The fraction of sp³-hybridized carbons (Fsp3) is 0.467. The molecule has 1 fully saturated rings. The molecule has 0 amide bonds. The highest BCUT2D eigenvalue weighted by Crippen LogP contribution is 2.47. The van der Waals surface area contributed by atoms with E-state index in [1.165, 1.54) is 12.0 Å². The van der Waals surface area contributed by atoms with Crippen LogP contribution in [0.25, 0.3) is 0 Å². The highest BCUT2D eigenvalue weighted by atomic mass is 16.3. The topological polar surface area (TPSA) is 20.2 Å². The van der Waals surface area contributed by atoms with Crippen molar-refractivity contribution in [2.24, 2.45) is 0 Å². The summed E-state index contributed by atoms with van der Waals surface area (Å²) in [5, 5.41) is 10.3.